The third-order valence-electron chi connectivity index (χ3n) is 5.39. The van der Waals surface area contributed by atoms with Crippen LogP contribution in [0, 0.1) is 5.82 Å². The van der Waals surface area contributed by atoms with Gasteiger partial charge in [-0.2, -0.15) is 5.10 Å². The summed E-state index contributed by atoms with van der Waals surface area (Å²) in [6.45, 7) is 4.26. The van der Waals surface area contributed by atoms with Gasteiger partial charge in [0.15, 0.2) is 15.7 Å². The van der Waals surface area contributed by atoms with Crippen LogP contribution in [0.15, 0.2) is 15.6 Å². The zero-order valence-corrected chi connectivity index (χ0v) is 16.7. The number of rotatable bonds is 3. The Morgan fingerprint density at radius 3 is 2.93 bits per heavy atom. The molecule has 4 rings (SSSR count). The van der Waals surface area contributed by atoms with Crippen molar-refractivity contribution in [2.24, 2.45) is 9.50 Å². The fraction of sp³-hybridized carbons (Fsp3) is 0.500. The Balaban J connectivity index is 1.70. The van der Waals surface area contributed by atoms with Gasteiger partial charge in [0, 0.05) is 17.9 Å². The molecule has 0 saturated heterocycles. The minimum Gasteiger partial charge on any atom is -0.305 e. The van der Waals surface area contributed by atoms with E-state index in [1.807, 2.05) is 0 Å². The van der Waals surface area contributed by atoms with Crippen LogP contribution in [-0.2, 0) is 35.7 Å². The molecule has 3 N–H and O–H groups in total. The molecule has 2 atom stereocenters. The number of urea groups is 1. The van der Waals surface area contributed by atoms with E-state index in [1.165, 1.54) is 4.68 Å². The van der Waals surface area contributed by atoms with E-state index in [4.69, 9.17) is 10.1 Å². The van der Waals surface area contributed by atoms with Gasteiger partial charge in [0.1, 0.15) is 0 Å². The average molecular weight is 406 g/mol. The van der Waals surface area contributed by atoms with Gasteiger partial charge in [-0.05, 0) is 56.1 Å². The molecule has 2 aromatic rings. The number of carbonyl (C=O) groups is 1. The molecule has 2 aliphatic rings. The van der Waals surface area contributed by atoms with Crippen molar-refractivity contribution in [2.45, 2.75) is 63.4 Å². The number of hydrogen-bond acceptors (Lipinski definition) is 4. The third-order valence-corrected chi connectivity index (χ3v) is 6.66. The molecule has 28 heavy (non-hydrogen) atoms. The van der Waals surface area contributed by atoms with Crippen molar-refractivity contribution in [3.05, 3.63) is 34.5 Å². The molecule has 10 heteroatoms. The van der Waals surface area contributed by atoms with Gasteiger partial charge in [0.2, 0.25) is 5.03 Å². The first-order chi connectivity index (χ1) is 13.3. The summed E-state index contributed by atoms with van der Waals surface area (Å²) in [5.74, 6) is -0.509. The standard InChI is InChI=1S/C18H23FN6O2S/c1-3-25-9-13(19)17(23-25)28(20,27)24-18(26)22-16-11-5-4-6-14(11)21-15-10(2)7-8-12(15)16/h9-10H,3-8H2,1-2H3,(H3,20,21,22,24,26,27)/t10-,28?/m0/s1. The van der Waals surface area contributed by atoms with E-state index in [9.17, 15) is 13.4 Å². The molecular weight excluding hydrogens is 383 g/mol. The number of amides is 2. The van der Waals surface area contributed by atoms with Crippen molar-refractivity contribution in [1.29, 1.82) is 0 Å². The average Bonchev–Trinajstić information content (AvgIpc) is 3.33. The van der Waals surface area contributed by atoms with Gasteiger partial charge < -0.3 is 5.32 Å². The molecule has 0 aromatic carbocycles. The van der Waals surface area contributed by atoms with Crippen molar-refractivity contribution in [3.63, 3.8) is 0 Å². The molecule has 0 radical (unpaired) electrons. The highest BCUT2D eigenvalue weighted by atomic mass is 32.2. The van der Waals surface area contributed by atoms with E-state index in [0.717, 1.165) is 60.8 Å². The van der Waals surface area contributed by atoms with E-state index >= 15 is 0 Å². The number of nitrogens with zero attached hydrogens (tertiary/aromatic N) is 4. The molecule has 2 aromatic heterocycles. The second-order valence-corrected chi connectivity index (χ2v) is 9.00. The monoisotopic (exact) mass is 406 g/mol. The molecule has 0 spiro atoms. The van der Waals surface area contributed by atoms with Crippen LogP contribution in [0.5, 0.6) is 0 Å². The second kappa shape index (κ2) is 6.93. The smallest absolute Gasteiger partial charge is 0.305 e. The lowest BCUT2D eigenvalue weighted by molar-refractivity contribution is 0.260. The van der Waals surface area contributed by atoms with Gasteiger partial charge in [0.05, 0.1) is 11.9 Å². The van der Waals surface area contributed by atoms with Crippen molar-refractivity contribution in [1.82, 2.24) is 14.8 Å². The Bertz CT molecular complexity index is 1090. The molecule has 0 aliphatic heterocycles. The summed E-state index contributed by atoms with van der Waals surface area (Å²) in [5.41, 5.74) is 4.76. The zero-order chi connectivity index (χ0) is 20.1. The maximum Gasteiger partial charge on any atom is 0.354 e. The van der Waals surface area contributed by atoms with Gasteiger partial charge in [-0.25, -0.2) is 18.5 Å². The summed E-state index contributed by atoms with van der Waals surface area (Å²) < 4.78 is 31.5. The fourth-order valence-electron chi connectivity index (χ4n) is 3.99. The highest BCUT2D eigenvalue weighted by molar-refractivity contribution is 7.91. The number of halogens is 1. The lowest BCUT2D eigenvalue weighted by atomic mass is 10.0. The zero-order valence-electron chi connectivity index (χ0n) is 15.9. The van der Waals surface area contributed by atoms with Crippen molar-refractivity contribution < 1.29 is 13.4 Å². The van der Waals surface area contributed by atoms with Gasteiger partial charge in [0.25, 0.3) is 0 Å². The van der Waals surface area contributed by atoms with Gasteiger partial charge >= 0.3 is 6.03 Å². The Hall–Kier alpha value is -2.33. The predicted octanol–water partition coefficient (Wildman–Crippen LogP) is 2.91. The van der Waals surface area contributed by atoms with Crippen molar-refractivity contribution >= 4 is 21.6 Å². The summed E-state index contributed by atoms with van der Waals surface area (Å²) in [6, 6.07) is -0.861. The lowest BCUT2D eigenvalue weighted by Gasteiger charge is -2.15. The first-order valence-electron chi connectivity index (χ1n) is 9.43. The summed E-state index contributed by atoms with van der Waals surface area (Å²) in [4.78, 5) is 17.4. The lowest BCUT2D eigenvalue weighted by Crippen LogP contribution is -2.20. The predicted molar refractivity (Wildman–Crippen MR) is 103 cm³/mol. The number of aryl methyl sites for hydroxylation is 2. The molecule has 2 heterocycles. The first kappa shape index (κ1) is 19.0. The van der Waals surface area contributed by atoms with Crippen molar-refractivity contribution in [3.8, 4) is 0 Å². The SMILES string of the molecule is CCn1cc(F)c(S(N)(=O)=NC(=O)Nc2c3c(nc4c2CC[C@@H]4C)CCC3)n1. The van der Waals surface area contributed by atoms with Gasteiger partial charge in [-0.3, -0.25) is 9.67 Å². The normalized spacial score (nSPS) is 19.8. The van der Waals surface area contributed by atoms with E-state index in [1.54, 1.807) is 6.92 Å². The molecule has 0 fully saturated rings. The van der Waals surface area contributed by atoms with Crippen LogP contribution in [0.1, 0.15) is 55.1 Å². The van der Waals surface area contributed by atoms with Crippen LogP contribution in [0.25, 0.3) is 0 Å². The van der Waals surface area contributed by atoms with E-state index in [2.05, 4.69) is 21.7 Å². The maximum absolute atomic E-state index is 14.0. The van der Waals surface area contributed by atoms with Crippen LogP contribution >= 0.6 is 0 Å². The third kappa shape index (κ3) is 3.20. The summed E-state index contributed by atoms with van der Waals surface area (Å²) in [6.07, 6.45) is 5.56. The Labute approximate surface area is 163 Å². The van der Waals surface area contributed by atoms with Gasteiger partial charge in [-0.15, -0.1) is 4.36 Å². The quantitative estimate of drug-likeness (QED) is 0.815. The molecule has 0 bridgehead atoms. The highest BCUT2D eigenvalue weighted by Crippen LogP contribution is 2.41. The van der Waals surface area contributed by atoms with E-state index < -0.39 is 26.8 Å². The van der Waals surface area contributed by atoms with Gasteiger partial charge in [-0.1, -0.05) is 6.92 Å². The number of pyridine rings is 1. The number of fused-ring (bicyclic) bond motifs is 2. The Kier molecular flexibility index (Phi) is 4.70. The maximum atomic E-state index is 14.0. The molecule has 150 valence electrons. The fourth-order valence-corrected chi connectivity index (χ4v) is 4.92. The summed E-state index contributed by atoms with van der Waals surface area (Å²) in [5, 5.41) is 11.8. The Morgan fingerprint density at radius 2 is 2.21 bits per heavy atom. The number of nitrogens with one attached hydrogen (secondary N) is 1. The van der Waals surface area contributed by atoms with Crippen LogP contribution in [0.3, 0.4) is 0 Å². The summed E-state index contributed by atoms with van der Waals surface area (Å²) in [7, 11) is -3.80. The number of nitrogens with two attached hydrogens (primary N) is 1. The number of anilines is 1. The minimum absolute atomic E-state index is 0.333. The second-order valence-electron chi connectivity index (χ2n) is 7.30. The molecule has 8 nitrogen and oxygen atoms in total. The molecule has 2 amide bonds. The topological polar surface area (TPSA) is 115 Å². The number of hydrogen-bond donors (Lipinski definition) is 2. The Morgan fingerprint density at radius 1 is 1.43 bits per heavy atom. The molecule has 0 saturated carbocycles. The largest absolute Gasteiger partial charge is 0.354 e. The van der Waals surface area contributed by atoms with E-state index in [-0.39, 0.29) is 0 Å². The highest BCUT2D eigenvalue weighted by Gasteiger charge is 2.30. The van der Waals surface area contributed by atoms with E-state index in [0.29, 0.717) is 18.2 Å². The number of carbonyl (C=O) groups excluding carboxylic acids is 1. The van der Waals surface area contributed by atoms with Crippen LogP contribution < -0.4 is 10.5 Å². The van der Waals surface area contributed by atoms with Crippen LogP contribution in [0.2, 0.25) is 0 Å². The molecular formula is C18H23FN6O2S. The van der Waals surface area contributed by atoms with Crippen LogP contribution in [-0.4, -0.2) is 25.0 Å². The minimum atomic E-state index is -3.80. The van der Waals surface area contributed by atoms with Crippen molar-refractivity contribution in [2.75, 3.05) is 5.32 Å². The first-order valence-corrected chi connectivity index (χ1v) is 11.0. The van der Waals surface area contributed by atoms with Crippen LogP contribution in [0.4, 0.5) is 14.9 Å². The summed E-state index contributed by atoms with van der Waals surface area (Å²) >= 11 is 0. The number of aromatic nitrogens is 3. The molecule has 1 unspecified atom stereocenters. The molecule has 2 aliphatic carbocycles.